The Morgan fingerprint density at radius 2 is 1.21 bits per heavy atom. The van der Waals surface area contributed by atoms with Crippen LogP contribution in [-0.2, 0) is 9.59 Å². The number of amides is 5. The molecule has 5 aromatic rings. The van der Waals surface area contributed by atoms with Gasteiger partial charge in [0.25, 0.3) is 23.6 Å². The third-order valence-corrected chi connectivity index (χ3v) is 9.11. The summed E-state index contributed by atoms with van der Waals surface area (Å²) in [7, 11) is 2.29. The van der Waals surface area contributed by atoms with E-state index in [2.05, 4.69) is 26.6 Å². The lowest BCUT2D eigenvalue weighted by atomic mass is 10.1. The number of aromatic carboxylic acids is 1. The molecule has 19 nitrogen and oxygen atoms in total. The molecule has 0 saturated carbocycles. The first-order valence-corrected chi connectivity index (χ1v) is 18.4. The lowest BCUT2D eigenvalue weighted by Crippen LogP contribution is -2.43. The molecule has 0 radical (unpaired) electrons. The van der Waals surface area contributed by atoms with Crippen LogP contribution >= 0.6 is 0 Å². The number of benzene rings is 5. The van der Waals surface area contributed by atoms with Gasteiger partial charge in [0, 0.05) is 28.6 Å². The number of ether oxygens (including phenoxy) is 2. The van der Waals surface area contributed by atoms with Crippen molar-refractivity contribution in [3.63, 3.8) is 0 Å². The lowest BCUT2D eigenvalue weighted by molar-refractivity contribution is -0.118. The number of methoxy groups -OCH3 is 2. The van der Waals surface area contributed by atoms with E-state index in [4.69, 9.17) is 9.47 Å². The molecule has 0 bridgehead atoms. The molecule has 0 unspecified atom stereocenters. The van der Waals surface area contributed by atoms with Crippen molar-refractivity contribution in [2.75, 3.05) is 35.5 Å². The summed E-state index contributed by atoms with van der Waals surface area (Å²) in [4.78, 5) is 76.7. The molecule has 0 fully saturated rings. The topological polar surface area (TPSA) is 306 Å². The summed E-state index contributed by atoms with van der Waals surface area (Å²) < 4.78 is 10.3. The van der Waals surface area contributed by atoms with Crippen LogP contribution in [0.1, 0.15) is 60.3 Å². The van der Waals surface area contributed by atoms with Crippen molar-refractivity contribution in [3.8, 4) is 40.6 Å². The maximum Gasteiger partial charge on any atom is 0.339 e. The number of hydrogen-bond acceptors (Lipinski definition) is 13. The van der Waals surface area contributed by atoms with Crippen molar-refractivity contribution in [3.05, 3.63) is 124 Å². The van der Waals surface area contributed by atoms with Gasteiger partial charge in [0.2, 0.25) is 5.91 Å². The zero-order valence-electron chi connectivity index (χ0n) is 33.5. The summed E-state index contributed by atoms with van der Waals surface area (Å²) in [5.74, 6) is -7.88. The minimum absolute atomic E-state index is 0.00535. The summed E-state index contributed by atoms with van der Waals surface area (Å²) >= 11 is 0. The lowest BCUT2D eigenvalue weighted by Gasteiger charge is -2.17. The zero-order chi connectivity index (χ0) is 46.0. The van der Waals surface area contributed by atoms with E-state index in [-0.39, 0.29) is 51.0 Å². The summed E-state index contributed by atoms with van der Waals surface area (Å²) in [5, 5.41) is 72.6. The predicted molar refractivity (Wildman–Crippen MR) is 227 cm³/mol. The van der Waals surface area contributed by atoms with Gasteiger partial charge in [0.1, 0.15) is 23.1 Å². The highest BCUT2D eigenvalue weighted by atomic mass is 16.5. The van der Waals surface area contributed by atoms with Crippen molar-refractivity contribution in [1.29, 1.82) is 5.26 Å². The molecule has 0 heterocycles. The third kappa shape index (κ3) is 10.8. The molecule has 5 amide bonds. The number of nitrogens with zero attached hydrogens (tertiary/aromatic N) is 1. The molecule has 0 spiro atoms. The number of hydrogen-bond donors (Lipinski definition) is 10. The number of carboxylic acids is 1. The number of phenolic OH excluding ortho intramolecular Hbond substituents is 3. The number of rotatable bonds is 15. The monoisotopic (exact) mass is 858 g/mol. The van der Waals surface area contributed by atoms with Gasteiger partial charge in [-0.15, -0.1) is 0 Å². The van der Waals surface area contributed by atoms with E-state index in [1.54, 1.807) is 25.1 Å². The number of aromatic hydroxyl groups is 4. The van der Waals surface area contributed by atoms with Crippen LogP contribution in [0, 0.1) is 11.3 Å². The largest absolute Gasteiger partial charge is 0.508 e. The molecule has 1 atom stereocenters. The van der Waals surface area contributed by atoms with Crippen LogP contribution in [0.5, 0.6) is 34.5 Å². The van der Waals surface area contributed by atoms with Gasteiger partial charge in [0.15, 0.2) is 23.0 Å². The van der Waals surface area contributed by atoms with E-state index in [1.165, 1.54) is 54.6 Å². The van der Waals surface area contributed by atoms with E-state index < -0.39 is 70.8 Å². The highest BCUT2D eigenvalue weighted by molar-refractivity contribution is 6.11. The van der Waals surface area contributed by atoms with E-state index in [0.29, 0.717) is 16.8 Å². The molecular formula is C44H38N6O13. The van der Waals surface area contributed by atoms with E-state index in [9.17, 15) is 59.6 Å². The number of anilines is 4. The Bertz CT molecular complexity index is 2690. The Morgan fingerprint density at radius 3 is 1.76 bits per heavy atom. The average Bonchev–Trinajstić information content (AvgIpc) is 3.24. The maximum atomic E-state index is 13.2. The minimum Gasteiger partial charge on any atom is -0.508 e. The van der Waals surface area contributed by atoms with Gasteiger partial charge >= 0.3 is 5.97 Å². The van der Waals surface area contributed by atoms with Gasteiger partial charge in [0.05, 0.1) is 49.2 Å². The van der Waals surface area contributed by atoms with Crippen LogP contribution in [0.4, 0.5) is 22.7 Å². The minimum atomic E-state index is -1.44. The summed E-state index contributed by atoms with van der Waals surface area (Å²) in [6, 6.07) is 20.6. The van der Waals surface area contributed by atoms with E-state index in [0.717, 1.165) is 38.5 Å². The quantitative estimate of drug-likeness (QED) is 0.0588. The Hall–Kier alpha value is -9.05. The number of carbonyl (C=O) groups excluding carboxylic acids is 5. The second kappa shape index (κ2) is 19.8. The second-order valence-electron chi connectivity index (χ2n) is 13.4. The molecule has 63 heavy (non-hydrogen) atoms. The van der Waals surface area contributed by atoms with Crippen molar-refractivity contribution in [2.24, 2.45) is 0 Å². The molecule has 0 saturated heterocycles. The third-order valence-electron chi connectivity index (χ3n) is 9.11. The van der Waals surface area contributed by atoms with Crippen LogP contribution in [0.3, 0.4) is 0 Å². The molecular weight excluding hydrogens is 821 g/mol. The molecule has 0 aliphatic carbocycles. The van der Waals surface area contributed by atoms with E-state index >= 15 is 0 Å². The fourth-order valence-corrected chi connectivity index (χ4v) is 5.88. The summed E-state index contributed by atoms with van der Waals surface area (Å²) in [6.45, 7) is 1.61. The van der Waals surface area contributed by atoms with E-state index in [1.807, 2.05) is 6.07 Å². The normalized spacial score (nSPS) is 11.2. The fourth-order valence-electron chi connectivity index (χ4n) is 5.88. The smallest absolute Gasteiger partial charge is 0.339 e. The molecule has 0 aliphatic rings. The van der Waals surface area contributed by atoms with Crippen LogP contribution in [0.15, 0.2) is 96.6 Å². The van der Waals surface area contributed by atoms with Gasteiger partial charge in [-0.1, -0.05) is 12.1 Å². The van der Waals surface area contributed by atoms with Crippen LogP contribution in [0.2, 0.25) is 0 Å². The first-order chi connectivity index (χ1) is 30.0. The SMILES string of the molecule is COc1c(NC(=O)c2ccc(NC(=O)c3ccc(NC(=O)[C@H](CC#N)NC(=O)c4ccc(NC(=O)/C(C)=C/c5ccc(O)cc5)cc4)cc3O)c(OC)c2O)ccc(C(=O)O)c1O. The fraction of sp³-hybridized carbons (Fsp3) is 0.114. The summed E-state index contributed by atoms with van der Waals surface area (Å²) in [6.07, 6.45) is 1.20. The zero-order valence-corrected chi connectivity index (χ0v) is 33.5. The Kier molecular flexibility index (Phi) is 14.2. The van der Waals surface area contributed by atoms with Gasteiger partial charge in [-0.05, 0) is 91.4 Å². The first kappa shape index (κ1) is 45.0. The molecule has 0 aliphatic heterocycles. The molecule has 10 N–H and O–H groups in total. The Morgan fingerprint density at radius 1 is 0.667 bits per heavy atom. The highest BCUT2D eigenvalue weighted by Gasteiger charge is 2.26. The number of nitrogens with one attached hydrogen (secondary N) is 5. The highest BCUT2D eigenvalue weighted by Crippen LogP contribution is 2.41. The van der Waals surface area contributed by atoms with Crippen molar-refractivity contribution in [2.45, 2.75) is 19.4 Å². The van der Waals surface area contributed by atoms with Crippen molar-refractivity contribution in [1.82, 2.24) is 5.32 Å². The van der Waals surface area contributed by atoms with Crippen molar-refractivity contribution >= 4 is 64.3 Å². The summed E-state index contributed by atoms with van der Waals surface area (Å²) in [5.41, 5.74) is 0.189. The van der Waals surface area contributed by atoms with Gasteiger partial charge < -0.3 is 61.6 Å². The number of carbonyl (C=O) groups is 6. The van der Waals surface area contributed by atoms with Crippen LogP contribution in [0.25, 0.3) is 6.08 Å². The van der Waals surface area contributed by atoms with Gasteiger partial charge in [-0.3, -0.25) is 24.0 Å². The predicted octanol–water partition coefficient (Wildman–Crippen LogP) is 5.42. The molecule has 19 heteroatoms. The number of nitriles is 1. The van der Waals surface area contributed by atoms with Crippen LogP contribution < -0.4 is 36.1 Å². The molecule has 5 aromatic carbocycles. The standard InChI is InChI=1S/C44H38N6O13/c1-22(20-23-4-11-27(51)12-5-23)39(55)46-25-8-6-24(7-9-25)40(56)50-33(18-19-45)43(59)47-26-10-13-28(34(52)21-26)41(57)48-31-16-14-29(35(53)37(31)62-2)42(58)49-32-17-15-30(44(60)61)36(54)38(32)63-3/h4-17,20-21,33,51-54H,18H2,1-3H3,(H,46,55)(H,47,59)(H,48,57)(H,49,58)(H,50,56)(H,60,61)/b22-20+/t33-/m0/s1. The molecule has 5 rings (SSSR count). The number of carboxylic acid groups (broad SMARTS) is 1. The van der Waals surface area contributed by atoms with Crippen LogP contribution in [-0.4, -0.2) is 81.3 Å². The second-order valence-corrected chi connectivity index (χ2v) is 13.4. The number of phenols is 4. The molecule has 0 aromatic heterocycles. The molecule has 322 valence electrons. The Balaban J connectivity index is 1.21. The maximum absolute atomic E-state index is 13.2. The average molecular weight is 859 g/mol. The first-order valence-electron chi connectivity index (χ1n) is 18.4. The Labute approximate surface area is 357 Å². The van der Waals surface area contributed by atoms with Crippen molar-refractivity contribution < 1.29 is 63.8 Å². The van der Waals surface area contributed by atoms with Gasteiger partial charge in [-0.2, -0.15) is 5.26 Å². The van der Waals surface area contributed by atoms with Gasteiger partial charge in [-0.25, -0.2) is 4.79 Å².